The van der Waals surface area contributed by atoms with E-state index in [1.165, 1.54) is 0 Å². The molecule has 43 heavy (non-hydrogen) atoms. The summed E-state index contributed by atoms with van der Waals surface area (Å²) in [6.45, 7) is 0. The summed E-state index contributed by atoms with van der Waals surface area (Å²) in [5.41, 5.74) is 4.71. The molecule has 0 amide bonds. The van der Waals surface area contributed by atoms with Gasteiger partial charge < -0.3 is 0 Å². The third kappa shape index (κ3) is 4.96. The fourth-order valence-corrected chi connectivity index (χ4v) is 8.99. The molecule has 7 aromatic rings. The minimum atomic E-state index is -3.24. The molecule has 1 atom stereocenters. The second kappa shape index (κ2) is 11.5. The molecule has 0 bridgehead atoms. The lowest BCUT2D eigenvalue weighted by molar-refractivity contribution is 1.18. The summed E-state index contributed by atoms with van der Waals surface area (Å²) in [5, 5.41) is 3.31. The van der Waals surface area contributed by atoms with E-state index in [0.717, 1.165) is 49.3 Å². The van der Waals surface area contributed by atoms with Crippen LogP contribution in [0.15, 0.2) is 141 Å². The van der Waals surface area contributed by atoms with Gasteiger partial charge in [0.05, 0.1) is 51.6 Å². The number of hydrogen-bond donors (Lipinski definition) is 0. The lowest BCUT2D eigenvalue weighted by atomic mass is 10.2. The van der Waals surface area contributed by atoms with Crippen LogP contribution < -0.4 is 21.1 Å². The summed E-state index contributed by atoms with van der Waals surface area (Å²) in [6.07, 6.45) is 19.6. The van der Waals surface area contributed by atoms with Crippen LogP contribution in [-0.2, 0) is 0 Å². The summed E-state index contributed by atoms with van der Waals surface area (Å²) >= 11 is 0. The molecule has 1 unspecified atom stereocenters. The molecule has 0 radical (unpaired) electrons. The molecule has 204 valence electrons. The van der Waals surface area contributed by atoms with Crippen molar-refractivity contribution in [3.05, 3.63) is 141 Å². The van der Waals surface area contributed by atoms with E-state index in [4.69, 9.17) is 29.9 Å². The first kappa shape index (κ1) is 26.1. The Morgan fingerprint density at radius 2 is 0.977 bits per heavy atom. The predicted octanol–water partition coefficient (Wildman–Crippen LogP) is 2.62. The number of pyridine rings is 3. The van der Waals surface area contributed by atoms with Crippen molar-refractivity contribution in [2.75, 3.05) is 0 Å². The van der Waals surface area contributed by atoms with Crippen molar-refractivity contribution < 1.29 is 0 Å². The van der Waals surface area contributed by atoms with Crippen LogP contribution in [0.5, 0.6) is 0 Å². The Kier molecular flexibility index (Phi) is 7.00. The average molecular weight is 574 g/mol. The molecule has 9 nitrogen and oxygen atoms in total. The predicted molar refractivity (Wildman–Crippen MR) is 167 cm³/mol. The Balaban J connectivity index is 1.44. The summed E-state index contributed by atoms with van der Waals surface area (Å²) < 4.78 is 0. The number of aromatic nitrogens is 9. The van der Waals surface area contributed by atoms with Gasteiger partial charge in [-0.3, -0.25) is 44.9 Å². The molecule has 0 aliphatic carbocycles. The second-order valence-corrected chi connectivity index (χ2v) is 13.3. The van der Waals surface area contributed by atoms with E-state index in [0.29, 0.717) is 5.69 Å². The first-order valence-electron chi connectivity index (χ1n) is 13.6. The fourth-order valence-electron chi connectivity index (χ4n) is 5.07. The highest BCUT2D eigenvalue weighted by Gasteiger charge is 2.47. The highest BCUT2D eigenvalue weighted by molar-refractivity contribution is 7.18. The monoisotopic (exact) mass is 573 g/mol. The molecule has 0 spiro atoms. The maximum absolute atomic E-state index is 5.04. The van der Waals surface area contributed by atoms with E-state index >= 15 is 0 Å². The smallest absolute Gasteiger partial charge is 0.249 e. The molecule has 0 saturated heterocycles. The number of benzene rings is 1. The molecule has 0 N–H and O–H groups in total. The normalized spacial score (nSPS) is 12.4. The number of nitrogens with zero attached hydrogens (tertiary/aromatic N) is 9. The van der Waals surface area contributed by atoms with E-state index in [9.17, 15) is 0 Å². The van der Waals surface area contributed by atoms with Crippen LogP contribution in [0.1, 0.15) is 0 Å². The Bertz CT molecular complexity index is 1730. The molecule has 0 saturated carbocycles. The molecular weight excluding hydrogens is 551 g/mol. The van der Waals surface area contributed by atoms with Crippen LogP contribution in [0, 0.1) is 0 Å². The SMILES string of the molecule is c1ccc([Si](c2cnc(-c3ccncc3)cn2)(c2cnc(-c3cccnc3)cn2)c2cnc(-c3ccccn3)cn2)cc1. The van der Waals surface area contributed by atoms with E-state index < -0.39 is 8.07 Å². The maximum Gasteiger partial charge on any atom is 0.249 e. The van der Waals surface area contributed by atoms with E-state index in [1.807, 2.05) is 79.3 Å². The van der Waals surface area contributed by atoms with Crippen molar-refractivity contribution in [2.24, 2.45) is 0 Å². The van der Waals surface area contributed by atoms with Crippen LogP contribution in [0.4, 0.5) is 0 Å². The van der Waals surface area contributed by atoms with Crippen molar-refractivity contribution in [1.29, 1.82) is 0 Å². The van der Waals surface area contributed by atoms with Crippen molar-refractivity contribution in [1.82, 2.24) is 44.9 Å². The van der Waals surface area contributed by atoms with Crippen molar-refractivity contribution >= 4 is 29.2 Å². The number of hydrogen-bond acceptors (Lipinski definition) is 9. The molecule has 0 aliphatic rings. The van der Waals surface area contributed by atoms with E-state index in [1.54, 1.807) is 49.6 Å². The topological polar surface area (TPSA) is 116 Å². The van der Waals surface area contributed by atoms with Gasteiger partial charge in [-0.05, 0) is 41.6 Å². The van der Waals surface area contributed by atoms with Crippen LogP contribution >= 0.6 is 0 Å². The Hall–Kier alpha value is -5.87. The molecule has 6 aromatic heterocycles. The second-order valence-electron chi connectivity index (χ2n) is 9.67. The van der Waals surface area contributed by atoms with E-state index in [-0.39, 0.29) is 0 Å². The van der Waals surface area contributed by atoms with Crippen LogP contribution in [0.25, 0.3) is 33.9 Å². The molecule has 0 aliphatic heterocycles. The summed E-state index contributed by atoms with van der Waals surface area (Å²) in [4.78, 5) is 42.4. The van der Waals surface area contributed by atoms with Crippen molar-refractivity contribution in [3.8, 4) is 33.9 Å². The summed E-state index contributed by atoms with van der Waals surface area (Å²) in [6, 6.07) is 23.6. The molecule has 10 heteroatoms. The molecule has 7 rings (SSSR count). The lowest BCUT2D eigenvalue weighted by Crippen LogP contribution is -2.77. The third-order valence-corrected chi connectivity index (χ3v) is 11.5. The minimum absolute atomic E-state index is 0.678. The Morgan fingerprint density at radius 1 is 0.349 bits per heavy atom. The molecule has 1 aromatic carbocycles. The largest absolute Gasteiger partial charge is 0.265 e. The van der Waals surface area contributed by atoms with Gasteiger partial charge in [-0.1, -0.05) is 36.4 Å². The molecule has 0 fully saturated rings. The standard InChI is InChI=1S/C33H23N9Si/c1-2-8-26(9-3-1)43(31-21-37-28(18-40-31)24-11-15-34-16-12-24,32-22-38-29(19-41-32)25-7-6-13-35-17-25)33-23-39-30(20-42-33)27-10-4-5-14-36-27/h1-23H. The van der Waals surface area contributed by atoms with Gasteiger partial charge >= 0.3 is 0 Å². The zero-order valence-corrected chi connectivity index (χ0v) is 23.8. The highest BCUT2D eigenvalue weighted by Crippen LogP contribution is 2.16. The van der Waals surface area contributed by atoms with Crippen LogP contribution in [0.3, 0.4) is 0 Å². The maximum atomic E-state index is 5.04. The van der Waals surface area contributed by atoms with Gasteiger partial charge in [-0.15, -0.1) is 0 Å². The quantitative estimate of drug-likeness (QED) is 0.265. The van der Waals surface area contributed by atoms with Gasteiger partial charge in [-0.2, -0.15) is 0 Å². The average Bonchev–Trinajstić information content (AvgIpc) is 3.11. The van der Waals surface area contributed by atoms with Crippen LogP contribution in [-0.4, -0.2) is 52.9 Å². The highest BCUT2D eigenvalue weighted by atomic mass is 28.3. The van der Waals surface area contributed by atoms with Gasteiger partial charge in [0.15, 0.2) is 0 Å². The minimum Gasteiger partial charge on any atom is -0.265 e. The first-order valence-corrected chi connectivity index (χ1v) is 15.6. The molecular formula is C33H23N9Si. The van der Waals surface area contributed by atoms with Crippen LogP contribution in [0.2, 0.25) is 0 Å². The fraction of sp³-hybridized carbons (Fsp3) is 0. The van der Waals surface area contributed by atoms with Gasteiger partial charge in [0.2, 0.25) is 8.07 Å². The zero-order chi connectivity index (χ0) is 28.9. The summed E-state index contributed by atoms with van der Waals surface area (Å²) in [7, 11) is -3.24. The molecule has 6 heterocycles. The van der Waals surface area contributed by atoms with Gasteiger partial charge in [0.25, 0.3) is 0 Å². The zero-order valence-electron chi connectivity index (χ0n) is 22.8. The van der Waals surface area contributed by atoms with Crippen molar-refractivity contribution in [2.45, 2.75) is 0 Å². The van der Waals surface area contributed by atoms with E-state index in [2.05, 4.69) is 27.1 Å². The third-order valence-electron chi connectivity index (χ3n) is 7.18. The Morgan fingerprint density at radius 3 is 1.53 bits per heavy atom. The summed E-state index contributed by atoms with van der Waals surface area (Å²) in [5.74, 6) is 0. The van der Waals surface area contributed by atoms with Gasteiger partial charge in [0.1, 0.15) is 5.69 Å². The van der Waals surface area contributed by atoms with Gasteiger partial charge in [0, 0.05) is 60.7 Å². The van der Waals surface area contributed by atoms with Crippen molar-refractivity contribution in [3.63, 3.8) is 0 Å². The first-order chi connectivity index (χ1) is 21.3. The van der Waals surface area contributed by atoms with Gasteiger partial charge in [-0.25, -0.2) is 0 Å². The number of rotatable bonds is 7. The Labute approximate surface area is 248 Å². The lowest BCUT2D eigenvalue weighted by Gasteiger charge is -2.30.